The van der Waals surface area contributed by atoms with Crippen LogP contribution in [-0.2, 0) is 11.3 Å². The van der Waals surface area contributed by atoms with E-state index in [0.717, 1.165) is 43.3 Å². The third kappa shape index (κ3) is 7.24. The average Bonchev–Trinajstić information content (AvgIpc) is 2.78. The molecule has 0 aliphatic carbocycles. The highest BCUT2D eigenvalue weighted by Crippen LogP contribution is 2.27. The number of methoxy groups -OCH3 is 1. The fourth-order valence-corrected chi connectivity index (χ4v) is 3.54. The van der Waals surface area contributed by atoms with Crippen LogP contribution >= 0.6 is 11.6 Å². The van der Waals surface area contributed by atoms with Gasteiger partial charge in [-0.1, -0.05) is 23.7 Å². The zero-order valence-corrected chi connectivity index (χ0v) is 18.8. The van der Waals surface area contributed by atoms with Gasteiger partial charge in [0, 0.05) is 37.7 Å². The molecule has 1 fully saturated rings. The van der Waals surface area contributed by atoms with Gasteiger partial charge in [0.15, 0.2) is 11.5 Å². The van der Waals surface area contributed by atoms with E-state index in [2.05, 4.69) is 32.5 Å². The molecule has 1 heterocycles. The van der Waals surface area contributed by atoms with Crippen LogP contribution in [0.2, 0.25) is 5.02 Å². The molecule has 2 aromatic rings. The summed E-state index contributed by atoms with van der Waals surface area (Å²) in [6.07, 6.45) is 1.60. The number of carbonyl (C=O) groups excluding carboxylic acids is 1. The Bertz CT molecular complexity index is 881. The summed E-state index contributed by atoms with van der Waals surface area (Å²) in [5.74, 6) is 1.19. The average molecular weight is 445 g/mol. The minimum atomic E-state index is -0.125. The molecule has 0 aromatic heterocycles. The van der Waals surface area contributed by atoms with Gasteiger partial charge in [0.2, 0.25) is 0 Å². The fourth-order valence-electron chi connectivity index (χ4n) is 3.41. The van der Waals surface area contributed by atoms with Gasteiger partial charge in [-0.3, -0.25) is 14.6 Å². The molecule has 0 radical (unpaired) electrons. The lowest BCUT2D eigenvalue weighted by atomic mass is 10.2. The highest BCUT2D eigenvalue weighted by atomic mass is 35.5. The van der Waals surface area contributed by atoms with Crippen molar-refractivity contribution in [2.45, 2.75) is 13.5 Å². The first-order valence-corrected chi connectivity index (χ1v) is 10.8. The summed E-state index contributed by atoms with van der Waals surface area (Å²) in [4.78, 5) is 16.8. The summed E-state index contributed by atoms with van der Waals surface area (Å²) < 4.78 is 10.8. The van der Waals surface area contributed by atoms with Crippen molar-refractivity contribution in [3.63, 3.8) is 0 Å². The van der Waals surface area contributed by atoms with E-state index in [4.69, 9.17) is 21.1 Å². The second kappa shape index (κ2) is 11.7. The molecule has 0 bridgehead atoms. The number of hydrogen-bond acceptors (Lipinski definition) is 6. The fraction of sp³-hybridized carbons (Fsp3) is 0.391. The number of hydrazone groups is 1. The van der Waals surface area contributed by atoms with E-state index < -0.39 is 0 Å². The third-order valence-corrected chi connectivity index (χ3v) is 5.29. The number of halogens is 1. The zero-order chi connectivity index (χ0) is 22.1. The van der Waals surface area contributed by atoms with Crippen LogP contribution in [0.5, 0.6) is 11.5 Å². The Kier molecular flexibility index (Phi) is 8.70. The molecule has 3 rings (SSSR count). The Labute approximate surface area is 188 Å². The number of carbonyl (C=O) groups is 1. The first-order chi connectivity index (χ1) is 15.1. The van der Waals surface area contributed by atoms with Gasteiger partial charge in [-0.25, -0.2) is 5.43 Å². The van der Waals surface area contributed by atoms with Crippen molar-refractivity contribution < 1.29 is 14.3 Å². The predicted molar refractivity (Wildman–Crippen MR) is 123 cm³/mol. The van der Waals surface area contributed by atoms with Crippen LogP contribution in [-0.4, -0.2) is 68.4 Å². The summed E-state index contributed by atoms with van der Waals surface area (Å²) in [5.41, 5.74) is 4.66. The van der Waals surface area contributed by atoms with Crippen LogP contribution in [0.4, 0.5) is 0 Å². The van der Waals surface area contributed by atoms with Crippen LogP contribution in [0.1, 0.15) is 18.1 Å². The molecule has 166 valence electrons. The van der Waals surface area contributed by atoms with Crippen molar-refractivity contribution in [3.05, 3.63) is 58.6 Å². The first-order valence-electron chi connectivity index (χ1n) is 10.4. The van der Waals surface area contributed by atoms with Gasteiger partial charge < -0.3 is 9.47 Å². The number of nitrogens with zero attached hydrogens (tertiary/aromatic N) is 3. The molecular weight excluding hydrogens is 416 g/mol. The highest BCUT2D eigenvalue weighted by molar-refractivity contribution is 6.30. The molecule has 0 spiro atoms. The molecule has 1 N–H and O–H groups in total. The van der Waals surface area contributed by atoms with Crippen molar-refractivity contribution in [2.24, 2.45) is 5.10 Å². The van der Waals surface area contributed by atoms with Gasteiger partial charge in [0.1, 0.15) is 0 Å². The monoisotopic (exact) mass is 444 g/mol. The van der Waals surface area contributed by atoms with Gasteiger partial charge in [-0.15, -0.1) is 0 Å². The minimum Gasteiger partial charge on any atom is -0.493 e. The number of piperazine rings is 1. The summed E-state index contributed by atoms with van der Waals surface area (Å²) >= 11 is 5.95. The van der Waals surface area contributed by atoms with E-state index in [1.807, 2.05) is 37.3 Å². The second-order valence-corrected chi connectivity index (χ2v) is 7.75. The van der Waals surface area contributed by atoms with E-state index in [0.29, 0.717) is 24.7 Å². The van der Waals surface area contributed by atoms with Gasteiger partial charge in [0.05, 0.1) is 26.5 Å². The molecule has 31 heavy (non-hydrogen) atoms. The summed E-state index contributed by atoms with van der Waals surface area (Å²) in [5, 5.41) is 4.82. The molecular formula is C23H29ClN4O3. The van der Waals surface area contributed by atoms with Crippen LogP contribution in [0, 0.1) is 0 Å². The van der Waals surface area contributed by atoms with E-state index in [1.165, 1.54) is 5.56 Å². The lowest BCUT2D eigenvalue weighted by molar-refractivity contribution is -0.122. The van der Waals surface area contributed by atoms with Crippen molar-refractivity contribution in [1.82, 2.24) is 15.2 Å². The SMILES string of the molecule is CCOc1ccc(/C=N\NC(=O)CN2CCN(Cc3ccc(Cl)cc3)CC2)cc1OC. The lowest BCUT2D eigenvalue weighted by Crippen LogP contribution is -2.48. The van der Waals surface area contributed by atoms with Crippen LogP contribution < -0.4 is 14.9 Å². The summed E-state index contributed by atoms with van der Waals surface area (Å²) in [6.45, 7) is 7.25. The Balaban J connectivity index is 1.40. The first kappa shape index (κ1) is 23.1. The number of amides is 1. The highest BCUT2D eigenvalue weighted by Gasteiger charge is 2.18. The second-order valence-electron chi connectivity index (χ2n) is 7.32. The maximum Gasteiger partial charge on any atom is 0.254 e. The number of hydrogen-bond donors (Lipinski definition) is 1. The molecule has 1 aliphatic heterocycles. The topological polar surface area (TPSA) is 66.4 Å². The molecule has 1 saturated heterocycles. The number of benzene rings is 2. The van der Waals surface area contributed by atoms with Gasteiger partial charge >= 0.3 is 0 Å². The van der Waals surface area contributed by atoms with Crippen LogP contribution in [0.3, 0.4) is 0 Å². The summed E-state index contributed by atoms with van der Waals surface area (Å²) in [6, 6.07) is 13.5. The Morgan fingerprint density at radius 3 is 2.48 bits per heavy atom. The Hall–Kier alpha value is -2.61. The molecule has 1 aliphatic rings. The quantitative estimate of drug-likeness (QED) is 0.475. The lowest BCUT2D eigenvalue weighted by Gasteiger charge is -2.34. The molecule has 0 saturated carbocycles. The normalized spacial score (nSPS) is 15.2. The number of rotatable bonds is 9. The minimum absolute atomic E-state index is 0.125. The standard InChI is InChI=1S/C23H29ClN4O3/c1-3-31-21-9-6-19(14-22(21)30-2)15-25-26-23(29)17-28-12-10-27(11-13-28)16-18-4-7-20(24)8-5-18/h4-9,14-15H,3,10-13,16-17H2,1-2H3,(H,26,29)/b25-15-. The third-order valence-electron chi connectivity index (χ3n) is 5.04. The number of ether oxygens (including phenoxy) is 2. The van der Waals surface area contributed by atoms with E-state index >= 15 is 0 Å². The van der Waals surface area contributed by atoms with Gasteiger partial charge in [-0.2, -0.15) is 5.10 Å². The van der Waals surface area contributed by atoms with Crippen molar-refractivity contribution >= 4 is 23.7 Å². The molecule has 8 heteroatoms. The van der Waals surface area contributed by atoms with Gasteiger partial charge in [-0.05, 0) is 48.4 Å². The maximum atomic E-state index is 12.2. The number of nitrogens with one attached hydrogen (secondary N) is 1. The largest absolute Gasteiger partial charge is 0.493 e. The van der Waals surface area contributed by atoms with E-state index in [-0.39, 0.29) is 5.91 Å². The molecule has 0 atom stereocenters. The van der Waals surface area contributed by atoms with Gasteiger partial charge in [0.25, 0.3) is 5.91 Å². The maximum absolute atomic E-state index is 12.2. The molecule has 1 amide bonds. The van der Waals surface area contributed by atoms with Crippen molar-refractivity contribution in [3.8, 4) is 11.5 Å². The van der Waals surface area contributed by atoms with Crippen LogP contribution in [0.15, 0.2) is 47.6 Å². The molecule has 2 aromatic carbocycles. The molecule has 0 unspecified atom stereocenters. The van der Waals surface area contributed by atoms with Crippen molar-refractivity contribution in [2.75, 3.05) is 46.4 Å². The molecule has 7 nitrogen and oxygen atoms in total. The van der Waals surface area contributed by atoms with E-state index in [1.54, 1.807) is 13.3 Å². The van der Waals surface area contributed by atoms with Crippen molar-refractivity contribution in [1.29, 1.82) is 0 Å². The Morgan fingerprint density at radius 1 is 1.10 bits per heavy atom. The predicted octanol–water partition coefficient (Wildman–Crippen LogP) is 3.02. The van der Waals surface area contributed by atoms with E-state index in [9.17, 15) is 4.79 Å². The zero-order valence-electron chi connectivity index (χ0n) is 18.0. The van der Waals surface area contributed by atoms with Crippen LogP contribution in [0.25, 0.3) is 0 Å². The summed E-state index contributed by atoms with van der Waals surface area (Å²) in [7, 11) is 1.59. The smallest absolute Gasteiger partial charge is 0.254 e. The Morgan fingerprint density at radius 2 is 1.81 bits per heavy atom.